The monoisotopic (exact) mass is 255 g/mol. The highest BCUT2D eigenvalue weighted by Gasteiger charge is 2.17. The molecule has 92 valence electrons. The Morgan fingerprint density at radius 2 is 1.87 bits per heavy atom. The number of alkyl halides is 1. The van der Waals surface area contributed by atoms with Crippen LogP contribution in [0.5, 0.6) is 0 Å². The van der Waals surface area contributed by atoms with Crippen LogP contribution in [0.3, 0.4) is 0 Å². The van der Waals surface area contributed by atoms with E-state index < -0.39 is 10.0 Å². The van der Waals surface area contributed by atoms with Crippen LogP contribution in [0, 0.1) is 11.3 Å². The Morgan fingerprint density at radius 3 is 2.27 bits per heavy atom. The van der Waals surface area contributed by atoms with Crippen molar-refractivity contribution in [1.82, 2.24) is 4.72 Å². The van der Waals surface area contributed by atoms with Gasteiger partial charge in [0.25, 0.3) is 0 Å². The SMILES string of the molecule is CC(CCl)CNS(=O)(=O)CCC(C)(C)C. The number of nitrogens with one attached hydrogen (secondary N) is 1. The fourth-order valence-electron chi connectivity index (χ4n) is 0.836. The van der Waals surface area contributed by atoms with Gasteiger partial charge in [-0.1, -0.05) is 27.7 Å². The van der Waals surface area contributed by atoms with Crippen molar-refractivity contribution in [3.05, 3.63) is 0 Å². The molecule has 0 saturated heterocycles. The first-order chi connectivity index (χ1) is 6.66. The lowest BCUT2D eigenvalue weighted by molar-refractivity contribution is 0.396. The fourth-order valence-corrected chi connectivity index (χ4v) is 2.51. The minimum atomic E-state index is -3.13. The molecule has 0 saturated carbocycles. The van der Waals surface area contributed by atoms with E-state index in [0.29, 0.717) is 18.8 Å². The standard InChI is InChI=1S/C10H22ClNO2S/c1-9(7-11)8-12-15(13,14)6-5-10(2,3)4/h9,12H,5-8H2,1-4H3. The zero-order valence-electron chi connectivity index (χ0n) is 10.0. The van der Waals surface area contributed by atoms with E-state index in [2.05, 4.69) is 4.72 Å². The van der Waals surface area contributed by atoms with Crippen molar-refractivity contribution < 1.29 is 8.42 Å². The average Bonchev–Trinajstić information content (AvgIpc) is 2.10. The molecule has 5 heteroatoms. The third kappa shape index (κ3) is 9.15. The zero-order chi connectivity index (χ0) is 12.1. The van der Waals surface area contributed by atoms with Crippen molar-refractivity contribution in [2.24, 2.45) is 11.3 Å². The van der Waals surface area contributed by atoms with E-state index in [-0.39, 0.29) is 17.1 Å². The molecule has 0 aromatic rings. The second-order valence-electron chi connectivity index (χ2n) is 5.24. The highest BCUT2D eigenvalue weighted by molar-refractivity contribution is 7.89. The first-order valence-corrected chi connectivity index (χ1v) is 7.38. The maximum absolute atomic E-state index is 11.5. The van der Waals surface area contributed by atoms with Crippen molar-refractivity contribution in [2.75, 3.05) is 18.2 Å². The number of sulfonamides is 1. The van der Waals surface area contributed by atoms with Gasteiger partial charge < -0.3 is 0 Å². The van der Waals surface area contributed by atoms with Gasteiger partial charge in [0.15, 0.2) is 0 Å². The predicted octanol–water partition coefficient (Wildman–Crippen LogP) is 2.22. The van der Waals surface area contributed by atoms with Gasteiger partial charge in [-0.25, -0.2) is 13.1 Å². The molecular weight excluding hydrogens is 234 g/mol. The third-order valence-electron chi connectivity index (χ3n) is 2.04. The lowest BCUT2D eigenvalue weighted by Crippen LogP contribution is -2.32. The average molecular weight is 256 g/mol. The van der Waals surface area contributed by atoms with Gasteiger partial charge in [-0.2, -0.15) is 0 Å². The third-order valence-corrected chi connectivity index (χ3v) is 3.91. The summed E-state index contributed by atoms with van der Waals surface area (Å²) in [4.78, 5) is 0. The zero-order valence-corrected chi connectivity index (χ0v) is 11.6. The Morgan fingerprint density at radius 1 is 1.33 bits per heavy atom. The van der Waals surface area contributed by atoms with E-state index in [1.165, 1.54) is 0 Å². The molecule has 0 aliphatic heterocycles. The minimum absolute atomic E-state index is 0.0485. The number of hydrogen-bond acceptors (Lipinski definition) is 2. The van der Waals surface area contributed by atoms with Crippen molar-refractivity contribution in [1.29, 1.82) is 0 Å². The van der Waals surface area contributed by atoms with Gasteiger partial charge in [0.05, 0.1) is 5.75 Å². The van der Waals surface area contributed by atoms with Crippen LogP contribution in [0.1, 0.15) is 34.1 Å². The summed E-state index contributed by atoms with van der Waals surface area (Å²) < 4.78 is 25.7. The molecular formula is C10H22ClNO2S. The van der Waals surface area contributed by atoms with E-state index in [1.807, 2.05) is 27.7 Å². The minimum Gasteiger partial charge on any atom is -0.215 e. The number of halogens is 1. The summed E-state index contributed by atoms with van der Waals surface area (Å²) in [6, 6.07) is 0. The number of rotatable bonds is 6. The van der Waals surface area contributed by atoms with E-state index >= 15 is 0 Å². The van der Waals surface area contributed by atoms with Gasteiger partial charge in [0, 0.05) is 12.4 Å². The van der Waals surface area contributed by atoms with Crippen molar-refractivity contribution in [3.8, 4) is 0 Å². The molecule has 1 N–H and O–H groups in total. The summed E-state index contributed by atoms with van der Waals surface area (Å²) in [5.41, 5.74) is 0.0485. The molecule has 1 atom stereocenters. The van der Waals surface area contributed by atoms with Gasteiger partial charge in [-0.15, -0.1) is 11.6 Å². The lowest BCUT2D eigenvalue weighted by atomic mass is 9.94. The lowest BCUT2D eigenvalue weighted by Gasteiger charge is -2.18. The smallest absolute Gasteiger partial charge is 0.211 e. The van der Waals surface area contributed by atoms with E-state index in [1.54, 1.807) is 0 Å². The summed E-state index contributed by atoms with van der Waals surface area (Å²) in [6.07, 6.45) is 0.664. The Labute approximate surface area is 98.6 Å². The summed E-state index contributed by atoms with van der Waals surface area (Å²) in [6.45, 7) is 8.44. The first-order valence-electron chi connectivity index (χ1n) is 5.19. The van der Waals surface area contributed by atoms with Gasteiger partial charge in [-0.3, -0.25) is 0 Å². The van der Waals surface area contributed by atoms with Crippen LogP contribution in [0.25, 0.3) is 0 Å². The Balaban J connectivity index is 3.99. The molecule has 0 rings (SSSR count). The predicted molar refractivity (Wildman–Crippen MR) is 65.7 cm³/mol. The van der Waals surface area contributed by atoms with Crippen LogP contribution < -0.4 is 4.72 Å². The highest BCUT2D eigenvalue weighted by atomic mass is 35.5. The second-order valence-corrected chi connectivity index (χ2v) is 7.47. The Kier molecular flexibility index (Phi) is 6.14. The van der Waals surface area contributed by atoms with Gasteiger partial charge in [0.1, 0.15) is 0 Å². The summed E-state index contributed by atoms with van der Waals surface area (Å²) in [5.74, 6) is 0.837. The van der Waals surface area contributed by atoms with Crippen LogP contribution in [0.15, 0.2) is 0 Å². The van der Waals surface area contributed by atoms with Gasteiger partial charge >= 0.3 is 0 Å². The van der Waals surface area contributed by atoms with Crippen LogP contribution in [-0.2, 0) is 10.0 Å². The summed E-state index contributed by atoms with van der Waals surface area (Å²) in [5, 5.41) is 0. The van der Waals surface area contributed by atoms with Crippen LogP contribution >= 0.6 is 11.6 Å². The molecule has 0 radical (unpaired) electrons. The molecule has 0 aliphatic carbocycles. The molecule has 0 fully saturated rings. The van der Waals surface area contributed by atoms with Crippen molar-refractivity contribution in [2.45, 2.75) is 34.1 Å². The maximum Gasteiger partial charge on any atom is 0.211 e. The topological polar surface area (TPSA) is 46.2 Å². The first kappa shape index (κ1) is 15.2. The molecule has 0 spiro atoms. The maximum atomic E-state index is 11.5. The van der Waals surface area contributed by atoms with Crippen LogP contribution in [-0.4, -0.2) is 26.6 Å². The van der Waals surface area contributed by atoms with Crippen LogP contribution in [0.4, 0.5) is 0 Å². The van der Waals surface area contributed by atoms with Gasteiger partial charge in [-0.05, 0) is 17.8 Å². The molecule has 0 aromatic heterocycles. The van der Waals surface area contributed by atoms with Crippen molar-refractivity contribution >= 4 is 21.6 Å². The van der Waals surface area contributed by atoms with E-state index in [4.69, 9.17) is 11.6 Å². The highest BCUT2D eigenvalue weighted by Crippen LogP contribution is 2.18. The molecule has 0 bridgehead atoms. The van der Waals surface area contributed by atoms with E-state index in [9.17, 15) is 8.42 Å². The van der Waals surface area contributed by atoms with E-state index in [0.717, 1.165) is 0 Å². The summed E-state index contributed by atoms with van der Waals surface area (Å²) >= 11 is 5.60. The fraction of sp³-hybridized carbons (Fsp3) is 1.00. The molecule has 1 unspecified atom stereocenters. The number of hydrogen-bond donors (Lipinski definition) is 1. The molecule has 15 heavy (non-hydrogen) atoms. The Bertz CT molecular complexity index is 270. The Hall–Kier alpha value is 0.200. The molecule has 0 aromatic carbocycles. The quantitative estimate of drug-likeness (QED) is 0.740. The molecule has 0 aliphatic rings. The normalized spacial score (nSPS) is 15.3. The summed E-state index contributed by atoms with van der Waals surface area (Å²) in [7, 11) is -3.13. The van der Waals surface area contributed by atoms with Crippen LogP contribution in [0.2, 0.25) is 0 Å². The molecule has 3 nitrogen and oxygen atoms in total. The van der Waals surface area contributed by atoms with Gasteiger partial charge in [0.2, 0.25) is 10.0 Å². The van der Waals surface area contributed by atoms with Crippen molar-refractivity contribution in [3.63, 3.8) is 0 Å². The second kappa shape index (κ2) is 6.06. The molecule has 0 amide bonds. The molecule has 0 heterocycles. The largest absolute Gasteiger partial charge is 0.215 e.